The fourth-order valence-electron chi connectivity index (χ4n) is 5.03. The summed E-state index contributed by atoms with van der Waals surface area (Å²) in [5.74, 6) is 2.36. The van der Waals surface area contributed by atoms with Crippen molar-refractivity contribution >= 4 is 23.4 Å². The maximum atomic E-state index is 13.8. The molecule has 9 nitrogen and oxygen atoms in total. The van der Waals surface area contributed by atoms with E-state index in [0.717, 1.165) is 22.4 Å². The summed E-state index contributed by atoms with van der Waals surface area (Å²) in [7, 11) is 0. The van der Waals surface area contributed by atoms with Crippen LogP contribution in [0.3, 0.4) is 0 Å². The molecule has 0 radical (unpaired) electrons. The van der Waals surface area contributed by atoms with Crippen LogP contribution >= 0.6 is 11.3 Å². The number of hydrogen-bond donors (Lipinski definition) is 0. The minimum Gasteiger partial charge on any atom is -0.494 e. The van der Waals surface area contributed by atoms with Crippen LogP contribution < -0.4 is 33.8 Å². The molecule has 1 atom stereocenters. The van der Waals surface area contributed by atoms with Gasteiger partial charge in [-0.25, -0.2) is 9.79 Å². The van der Waals surface area contributed by atoms with Crippen LogP contribution in [0.15, 0.2) is 87.8 Å². The number of thiazole rings is 1. The minimum atomic E-state index is -0.680. The third-order valence-electron chi connectivity index (χ3n) is 7.04. The standard InChI is InChI=1S/C33H30N2O7S/c1-4-38-24-13-9-23(10-14-24)30-29(32(37)39-5-2)20(3)34-33-35(30)31(36)28(43-33)17-21-6-11-25(12-7-21)40-18-22-8-15-26-27(16-22)42-19-41-26/h6-17,30H,4-5,18-19H2,1-3H3/b28-17-/t30-/m0/s1. The van der Waals surface area contributed by atoms with Crippen LogP contribution in [-0.4, -0.2) is 30.5 Å². The minimum absolute atomic E-state index is 0.215. The van der Waals surface area contributed by atoms with Crippen molar-refractivity contribution in [2.75, 3.05) is 20.0 Å². The van der Waals surface area contributed by atoms with E-state index >= 15 is 0 Å². The van der Waals surface area contributed by atoms with Gasteiger partial charge in [-0.2, -0.15) is 0 Å². The average Bonchev–Trinajstić information content (AvgIpc) is 3.60. The molecule has 1 aromatic heterocycles. The van der Waals surface area contributed by atoms with E-state index in [0.29, 0.717) is 51.1 Å². The summed E-state index contributed by atoms with van der Waals surface area (Å²) in [6.45, 7) is 6.80. The number of nitrogens with zero attached hydrogens (tertiary/aromatic N) is 2. The molecule has 10 heteroatoms. The van der Waals surface area contributed by atoms with Crippen LogP contribution in [0.25, 0.3) is 6.08 Å². The van der Waals surface area contributed by atoms with Crippen molar-refractivity contribution in [3.8, 4) is 23.0 Å². The van der Waals surface area contributed by atoms with Gasteiger partial charge in [-0.05, 0) is 79.9 Å². The summed E-state index contributed by atoms with van der Waals surface area (Å²) in [5, 5.41) is 0. The van der Waals surface area contributed by atoms with E-state index in [4.69, 9.17) is 23.7 Å². The topological polar surface area (TPSA) is 97.6 Å². The summed E-state index contributed by atoms with van der Waals surface area (Å²) < 4.78 is 29.8. The van der Waals surface area contributed by atoms with Crippen molar-refractivity contribution in [3.63, 3.8) is 0 Å². The van der Waals surface area contributed by atoms with Gasteiger partial charge in [0, 0.05) is 0 Å². The van der Waals surface area contributed by atoms with Gasteiger partial charge in [-0.1, -0.05) is 41.7 Å². The number of esters is 1. The Morgan fingerprint density at radius 2 is 1.70 bits per heavy atom. The van der Waals surface area contributed by atoms with Crippen molar-refractivity contribution < 1.29 is 28.5 Å². The zero-order valence-corrected chi connectivity index (χ0v) is 24.8. The summed E-state index contributed by atoms with van der Waals surface area (Å²) in [5.41, 5.74) is 3.19. The van der Waals surface area contributed by atoms with Crippen molar-refractivity contribution in [2.24, 2.45) is 4.99 Å². The second-order valence-electron chi connectivity index (χ2n) is 9.85. The molecule has 0 saturated heterocycles. The maximum Gasteiger partial charge on any atom is 0.338 e. The van der Waals surface area contributed by atoms with E-state index in [1.54, 1.807) is 18.4 Å². The van der Waals surface area contributed by atoms with Crippen LogP contribution in [0.4, 0.5) is 0 Å². The van der Waals surface area contributed by atoms with Crippen LogP contribution in [0.1, 0.15) is 43.5 Å². The first-order valence-corrected chi connectivity index (χ1v) is 14.8. The molecule has 3 heterocycles. The highest BCUT2D eigenvalue weighted by Crippen LogP contribution is 2.33. The zero-order valence-electron chi connectivity index (χ0n) is 24.0. The van der Waals surface area contributed by atoms with Gasteiger partial charge in [-0.3, -0.25) is 9.36 Å². The van der Waals surface area contributed by atoms with E-state index in [1.165, 1.54) is 11.3 Å². The largest absolute Gasteiger partial charge is 0.494 e. The first kappa shape index (κ1) is 28.3. The Bertz CT molecular complexity index is 1870. The van der Waals surface area contributed by atoms with E-state index in [9.17, 15) is 9.59 Å². The van der Waals surface area contributed by atoms with Gasteiger partial charge in [0.05, 0.1) is 35.1 Å². The lowest BCUT2D eigenvalue weighted by molar-refractivity contribution is -0.139. The van der Waals surface area contributed by atoms with E-state index in [2.05, 4.69) is 4.99 Å². The van der Waals surface area contributed by atoms with Crippen molar-refractivity contribution in [2.45, 2.75) is 33.4 Å². The normalized spacial score (nSPS) is 15.6. The Kier molecular flexibility index (Phi) is 8.02. The molecule has 2 aliphatic heterocycles. The zero-order chi connectivity index (χ0) is 29.9. The number of ether oxygens (including phenoxy) is 5. The number of carbonyl (C=O) groups excluding carboxylic acids is 1. The molecule has 0 N–H and O–H groups in total. The summed E-state index contributed by atoms with van der Waals surface area (Å²) in [6, 6.07) is 20.0. The molecule has 3 aromatic carbocycles. The molecule has 0 bridgehead atoms. The molecule has 43 heavy (non-hydrogen) atoms. The number of allylic oxidation sites excluding steroid dienone is 1. The molecular weight excluding hydrogens is 568 g/mol. The van der Waals surface area contributed by atoms with Gasteiger partial charge < -0.3 is 23.7 Å². The lowest BCUT2D eigenvalue weighted by Crippen LogP contribution is -2.39. The molecule has 0 fully saturated rings. The van der Waals surface area contributed by atoms with Crippen molar-refractivity contribution in [1.82, 2.24) is 4.57 Å². The second kappa shape index (κ2) is 12.2. The molecule has 0 saturated carbocycles. The Labute approximate surface area is 251 Å². The monoisotopic (exact) mass is 598 g/mol. The van der Waals surface area contributed by atoms with Crippen molar-refractivity contribution in [1.29, 1.82) is 0 Å². The number of fused-ring (bicyclic) bond motifs is 2. The molecule has 0 spiro atoms. The predicted molar refractivity (Wildman–Crippen MR) is 161 cm³/mol. The van der Waals surface area contributed by atoms with Gasteiger partial charge in [0.1, 0.15) is 18.1 Å². The highest BCUT2D eigenvalue weighted by atomic mass is 32.1. The third-order valence-corrected chi connectivity index (χ3v) is 8.03. The van der Waals surface area contributed by atoms with Crippen LogP contribution in [0.2, 0.25) is 0 Å². The van der Waals surface area contributed by atoms with Gasteiger partial charge in [0.15, 0.2) is 16.3 Å². The van der Waals surface area contributed by atoms with E-state index in [1.807, 2.05) is 79.7 Å². The number of rotatable bonds is 9. The third kappa shape index (κ3) is 5.78. The summed E-state index contributed by atoms with van der Waals surface area (Å²) in [6.07, 6.45) is 1.82. The molecule has 0 amide bonds. The molecule has 2 aliphatic rings. The van der Waals surface area contributed by atoms with Gasteiger partial charge in [0.2, 0.25) is 6.79 Å². The molecule has 6 rings (SSSR count). The predicted octanol–water partition coefficient (Wildman–Crippen LogP) is 4.50. The highest BCUT2D eigenvalue weighted by Gasteiger charge is 2.33. The quantitative estimate of drug-likeness (QED) is 0.262. The van der Waals surface area contributed by atoms with Gasteiger partial charge >= 0.3 is 5.97 Å². The average molecular weight is 599 g/mol. The molecular formula is C33H30N2O7S. The Morgan fingerprint density at radius 3 is 2.44 bits per heavy atom. The Hall–Kier alpha value is -4.83. The summed E-state index contributed by atoms with van der Waals surface area (Å²) in [4.78, 5) is 32.1. The lowest BCUT2D eigenvalue weighted by Gasteiger charge is -2.24. The fraction of sp³-hybridized carbons (Fsp3) is 0.242. The van der Waals surface area contributed by atoms with E-state index < -0.39 is 12.0 Å². The second-order valence-corrected chi connectivity index (χ2v) is 10.9. The number of benzene rings is 3. The SMILES string of the molecule is CCOC(=O)C1=C(C)N=c2s/c(=C\c3ccc(OCc4ccc5c(c4)OCO5)cc3)c(=O)n2[C@H]1c1ccc(OCC)cc1. The highest BCUT2D eigenvalue weighted by molar-refractivity contribution is 7.07. The van der Waals surface area contributed by atoms with Crippen molar-refractivity contribution in [3.05, 3.63) is 114 Å². The smallest absolute Gasteiger partial charge is 0.338 e. The summed E-state index contributed by atoms with van der Waals surface area (Å²) >= 11 is 1.28. The molecule has 4 aromatic rings. The van der Waals surface area contributed by atoms with Crippen LogP contribution in [0, 0.1) is 0 Å². The first-order chi connectivity index (χ1) is 20.9. The molecule has 0 aliphatic carbocycles. The molecule has 220 valence electrons. The van der Waals surface area contributed by atoms with Crippen LogP contribution in [0.5, 0.6) is 23.0 Å². The maximum absolute atomic E-state index is 13.8. The number of hydrogen-bond acceptors (Lipinski definition) is 9. The lowest BCUT2D eigenvalue weighted by atomic mass is 9.96. The fourth-order valence-corrected chi connectivity index (χ4v) is 6.08. The Balaban J connectivity index is 1.29. The first-order valence-electron chi connectivity index (χ1n) is 14.0. The van der Waals surface area contributed by atoms with Gasteiger partial charge in [0.25, 0.3) is 5.56 Å². The van der Waals surface area contributed by atoms with E-state index in [-0.39, 0.29) is 19.0 Å². The van der Waals surface area contributed by atoms with Gasteiger partial charge in [-0.15, -0.1) is 0 Å². The van der Waals surface area contributed by atoms with Crippen LogP contribution in [-0.2, 0) is 16.1 Å². The molecule has 0 unspecified atom stereocenters. The number of carbonyl (C=O) groups is 1. The Morgan fingerprint density at radius 1 is 0.977 bits per heavy atom. The number of aromatic nitrogens is 1.